The molecule has 0 saturated carbocycles. The minimum atomic E-state index is 0.207. The van der Waals surface area contributed by atoms with Crippen molar-refractivity contribution in [3.8, 4) is 5.75 Å². The van der Waals surface area contributed by atoms with E-state index in [2.05, 4.69) is 35.4 Å². The molecule has 2 rings (SSSR count). The molecule has 2 aromatic rings. The average Bonchev–Trinajstić information content (AvgIpc) is 2.49. The van der Waals surface area contributed by atoms with Crippen molar-refractivity contribution in [3.63, 3.8) is 0 Å². The van der Waals surface area contributed by atoms with Crippen molar-refractivity contribution in [2.75, 3.05) is 14.2 Å². The average molecular weight is 256 g/mol. The molecular formula is C16H20N2O. The number of aromatic nitrogens is 1. The maximum atomic E-state index is 5.46. The number of likely N-dealkylation sites (N-methyl/N-ethyl adjacent to an activating group) is 1. The zero-order chi connectivity index (χ0) is 13.7. The Labute approximate surface area is 114 Å². The van der Waals surface area contributed by atoms with Crippen LogP contribution in [0.2, 0.25) is 0 Å². The molecule has 0 saturated heterocycles. The summed E-state index contributed by atoms with van der Waals surface area (Å²) in [5, 5.41) is 3.39. The van der Waals surface area contributed by atoms with Gasteiger partial charge in [0.2, 0.25) is 0 Å². The summed E-state index contributed by atoms with van der Waals surface area (Å²) in [4.78, 5) is 4.07. The fourth-order valence-corrected chi connectivity index (χ4v) is 2.46. The molecular weight excluding hydrogens is 236 g/mol. The first kappa shape index (κ1) is 13.6. The molecule has 3 heteroatoms. The second-order valence-corrected chi connectivity index (χ2v) is 4.58. The lowest BCUT2D eigenvalue weighted by Gasteiger charge is -2.25. The molecule has 1 N–H and O–H groups in total. The molecule has 2 unspecified atom stereocenters. The summed E-state index contributed by atoms with van der Waals surface area (Å²) >= 11 is 0. The number of rotatable bonds is 5. The molecule has 0 aliphatic rings. The Morgan fingerprint density at radius 3 is 2.42 bits per heavy atom. The highest BCUT2D eigenvalue weighted by atomic mass is 16.5. The van der Waals surface area contributed by atoms with Crippen LogP contribution in [-0.4, -0.2) is 19.1 Å². The summed E-state index contributed by atoms with van der Waals surface area (Å²) in [7, 11) is 3.69. The normalized spacial score (nSPS) is 13.8. The van der Waals surface area contributed by atoms with E-state index in [4.69, 9.17) is 4.74 Å². The third-order valence-corrected chi connectivity index (χ3v) is 3.52. The molecule has 2 atom stereocenters. The monoisotopic (exact) mass is 256 g/mol. The molecule has 0 radical (unpaired) electrons. The second-order valence-electron chi connectivity index (χ2n) is 4.58. The highest BCUT2D eigenvalue weighted by molar-refractivity contribution is 5.38. The molecule has 0 aliphatic carbocycles. The van der Waals surface area contributed by atoms with Crippen molar-refractivity contribution in [1.82, 2.24) is 10.3 Å². The van der Waals surface area contributed by atoms with Crippen molar-refractivity contribution in [3.05, 3.63) is 59.9 Å². The molecule has 0 spiro atoms. The molecule has 1 aromatic carbocycles. The minimum absolute atomic E-state index is 0.207. The van der Waals surface area contributed by atoms with Gasteiger partial charge in [-0.05, 0) is 30.8 Å². The molecule has 19 heavy (non-hydrogen) atoms. The smallest absolute Gasteiger partial charge is 0.123 e. The Bertz CT molecular complexity index is 513. The van der Waals surface area contributed by atoms with Crippen LogP contribution >= 0.6 is 0 Å². The van der Waals surface area contributed by atoms with Crippen LogP contribution in [0.4, 0.5) is 0 Å². The van der Waals surface area contributed by atoms with Gasteiger partial charge < -0.3 is 10.1 Å². The van der Waals surface area contributed by atoms with Gasteiger partial charge in [0.25, 0.3) is 0 Å². The van der Waals surface area contributed by atoms with Crippen molar-refractivity contribution in [2.45, 2.75) is 18.9 Å². The Morgan fingerprint density at radius 2 is 1.79 bits per heavy atom. The second kappa shape index (κ2) is 6.34. The topological polar surface area (TPSA) is 34.1 Å². The lowest BCUT2D eigenvalue weighted by atomic mass is 9.88. The lowest BCUT2D eigenvalue weighted by molar-refractivity contribution is 0.394. The van der Waals surface area contributed by atoms with Gasteiger partial charge in [0.05, 0.1) is 7.11 Å². The van der Waals surface area contributed by atoms with E-state index in [0.717, 1.165) is 5.75 Å². The number of nitrogens with zero attached hydrogens (tertiary/aromatic N) is 1. The van der Waals surface area contributed by atoms with Crippen LogP contribution in [0.3, 0.4) is 0 Å². The number of benzene rings is 1. The summed E-state index contributed by atoms with van der Waals surface area (Å²) in [5.41, 5.74) is 2.44. The number of nitrogens with one attached hydrogen (secondary N) is 1. The maximum absolute atomic E-state index is 5.46. The number of methoxy groups -OCH3 is 1. The first-order valence-electron chi connectivity index (χ1n) is 6.48. The predicted octanol–water partition coefficient (Wildman–Crippen LogP) is 3.15. The minimum Gasteiger partial charge on any atom is -0.496 e. The van der Waals surface area contributed by atoms with E-state index in [-0.39, 0.29) is 6.04 Å². The van der Waals surface area contributed by atoms with Crippen molar-refractivity contribution in [2.24, 2.45) is 0 Å². The molecule has 1 aromatic heterocycles. The van der Waals surface area contributed by atoms with Crippen LogP contribution in [0.5, 0.6) is 5.75 Å². The zero-order valence-electron chi connectivity index (χ0n) is 11.6. The van der Waals surface area contributed by atoms with Gasteiger partial charge in [-0.3, -0.25) is 4.98 Å². The molecule has 0 bridgehead atoms. The molecule has 0 fully saturated rings. The van der Waals surface area contributed by atoms with E-state index in [1.807, 2.05) is 37.6 Å². The van der Waals surface area contributed by atoms with Crippen LogP contribution in [0, 0.1) is 0 Å². The van der Waals surface area contributed by atoms with E-state index in [0.29, 0.717) is 5.92 Å². The van der Waals surface area contributed by atoms with Gasteiger partial charge >= 0.3 is 0 Å². The van der Waals surface area contributed by atoms with Gasteiger partial charge in [0.15, 0.2) is 0 Å². The SMILES string of the molecule is CNC(c1ccccc1OC)C(C)c1ccncc1. The van der Waals surface area contributed by atoms with Crippen LogP contribution < -0.4 is 10.1 Å². The number of para-hydroxylation sites is 1. The Morgan fingerprint density at radius 1 is 1.11 bits per heavy atom. The summed E-state index contributed by atoms with van der Waals surface area (Å²) < 4.78 is 5.46. The Hall–Kier alpha value is -1.87. The quantitative estimate of drug-likeness (QED) is 0.892. The van der Waals surface area contributed by atoms with E-state index in [9.17, 15) is 0 Å². The number of pyridine rings is 1. The lowest BCUT2D eigenvalue weighted by Crippen LogP contribution is -2.22. The third kappa shape index (κ3) is 2.93. The first-order chi connectivity index (χ1) is 9.27. The van der Waals surface area contributed by atoms with Gasteiger partial charge in [-0.1, -0.05) is 25.1 Å². The summed E-state index contributed by atoms with van der Waals surface area (Å²) in [6.07, 6.45) is 3.67. The third-order valence-electron chi connectivity index (χ3n) is 3.52. The summed E-state index contributed by atoms with van der Waals surface area (Å²) in [6, 6.07) is 12.5. The van der Waals surface area contributed by atoms with Crippen molar-refractivity contribution < 1.29 is 4.74 Å². The van der Waals surface area contributed by atoms with Gasteiger partial charge in [-0.25, -0.2) is 0 Å². The molecule has 3 nitrogen and oxygen atoms in total. The predicted molar refractivity (Wildman–Crippen MR) is 77.4 cm³/mol. The zero-order valence-corrected chi connectivity index (χ0v) is 11.6. The summed E-state index contributed by atoms with van der Waals surface area (Å²) in [6.45, 7) is 2.21. The van der Waals surface area contributed by atoms with Crippen LogP contribution in [0.1, 0.15) is 30.0 Å². The van der Waals surface area contributed by atoms with Gasteiger partial charge in [-0.2, -0.15) is 0 Å². The standard InChI is InChI=1S/C16H20N2O/c1-12(13-8-10-18-11-9-13)16(17-2)14-6-4-5-7-15(14)19-3/h4-12,16-17H,1-3H3. The molecule has 1 heterocycles. The number of hydrogen-bond donors (Lipinski definition) is 1. The Balaban J connectivity index is 2.34. The van der Waals surface area contributed by atoms with E-state index in [1.165, 1.54) is 11.1 Å². The highest BCUT2D eigenvalue weighted by Crippen LogP contribution is 2.34. The fourth-order valence-electron chi connectivity index (χ4n) is 2.46. The molecule has 100 valence electrons. The van der Waals surface area contributed by atoms with Gasteiger partial charge in [0, 0.05) is 29.9 Å². The number of hydrogen-bond acceptors (Lipinski definition) is 3. The van der Waals surface area contributed by atoms with Crippen LogP contribution in [0.25, 0.3) is 0 Å². The Kier molecular flexibility index (Phi) is 4.53. The van der Waals surface area contributed by atoms with Crippen LogP contribution in [-0.2, 0) is 0 Å². The van der Waals surface area contributed by atoms with Crippen molar-refractivity contribution in [1.29, 1.82) is 0 Å². The largest absolute Gasteiger partial charge is 0.496 e. The van der Waals surface area contributed by atoms with E-state index < -0.39 is 0 Å². The number of ether oxygens (including phenoxy) is 1. The molecule has 0 aliphatic heterocycles. The molecule has 0 amide bonds. The highest BCUT2D eigenvalue weighted by Gasteiger charge is 2.21. The van der Waals surface area contributed by atoms with Gasteiger partial charge in [0.1, 0.15) is 5.75 Å². The fraction of sp³-hybridized carbons (Fsp3) is 0.312. The van der Waals surface area contributed by atoms with E-state index in [1.54, 1.807) is 7.11 Å². The van der Waals surface area contributed by atoms with Crippen LogP contribution in [0.15, 0.2) is 48.8 Å². The van der Waals surface area contributed by atoms with Gasteiger partial charge in [-0.15, -0.1) is 0 Å². The first-order valence-corrected chi connectivity index (χ1v) is 6.48. The van der Waals surface area contributed by atoms with Crippen molar-refractivity contribution >= 4 is 0 Å². The summed E-state index contributed by atoms with van der Waals surface area (Å²) in [5.74, 6) is 1.26. The van der Waals surface area contributed by atoms with E-state index >= 15 is 0 Å². The maximum Gasteiger partial charge on any atom is 0.123 e.